The van der Waals surface area contributed by atoms with Gasteiger partial charge in [-0.05, 0) is 40.4 Å². The first kappa shape index (κ1) is 13.4. The molecule has 4 heteroatoms. The van der Waals surface area contributed by atoms with Crippen LogP contribution in [0.2, 0.25) is 19.6 Å². The summed E-state index contributed by atoms with van der Waals surface area (Å²) in [6, 6.07) is 0. The maximum absolute atomic E-state index is 5.64. The molecule has 0 atom stereocenters. The van der Waals surface area contributed by atoms with Crippen molar-refractivity contribution < 1.29 is 13.9 Å². The molecule has 0 aromatic rings. The quantitative estimate of drug-likeness (QED) is 0.536. The highest BCUT2D eigenvalue weighted by Gasteiger charge is 2.19. The van der Waals surface area contributed by atoms with E-state index in [0.29, 0.717) is 5.95 Å². The highest BCUT2D eigenvalue weighted by molar-refractivity contribution is 6.69. The fourth-order valence-electron chi connectivity index (χ4n) is 0.641. The van der Waals surface area contributed by atoms with Crippen molar-refractivity contribution in [2.24, 2.45) is 0 Å². The van der Waals surface area contributed by atoms with Crippen LogP contribution in [-0.2, 0) is 13.9 Å². The lowest BCUT2D eigenvalue weighted by molar-refractivity contribution is 0.0466. The number of methoxy groups -OCH3 is 1. The maximum Gasteiger partial charge on any atom is 0.301 e. The molecule has 0 aromatic carbocycles. The number of rotatable bonds is 4. The van der Waals surface area contributed by atoms with Crippen LogP contribution in [0.3, 0.4) is 0 Å². The summed E-state index contributed by atoms with van der Waals surface area (Å²) in [6.45, 7) is 12.2. The van der Waals surface area contributed by atoms with Crippen molar-refractivity contribution in [3.8, 4) is 0 Å². The predicted molar refractivity (Wildman–Crippen MR) is 60.4 cm³/mol. The Morgan fingerprint density at radius 1 is 1.14 bits per heavy atom. The summed E-state index contributed by atoms with van der Waals surface area (Å²) in [5.74, 6) is 0.457. The van der Waals surface area contributed by atoms with Crippen LogP contribution in [0.15, 0.2) is 12.2 Å². The Bertz CT molecular complexity index is 198. The summed E-state index contributed by atoms with van der Waals surface area (Å²) >= 11 is 0. The third-order valence-electron chi connectivity index (χ3n) is 1.12. The van der Waals surface area contributed by atoms with E-state index in [0.717, 1.165) is 0 Å². The Morgan fingerprint density at radius 2 is 1.64 bits per heavy atom. The molecule has 0 aliphatic heterocycles. The lowest BCUT2D eigenvalue weighted by Gasteiger charge is -2.22. The zero-order valence-corrected chi connectivity index (χ0v) is 11.3. The van der Waals surface area contributed by atoms with Crippen molar-refractivity contribution in [2.75, 3.05) is 7.11 Å². The van der Waals surface area contributed by atoms with Gasteiger partial charge in [0.25, 0.3) is 0 Å². The molecule has 0 saturated heterocycles. The molecular formula is C10H22O3Si. The minimum absolute atomic E-state index is 0.216. The molecule has 0 saturated carbocycles. The molecule has 0 spiro atoms. The summed E-state index contributed by atoms with van der Waals surface area (Å²) in [5.41, 5.74) is -0.216. The summed E-state index contributed by atoms with van der Waals surface area (Å²) in [6.07, 6.45) is 1.54. The van der Waals surface area contributed by atoms with Crippen LogP contribution in [0.1, 0.15) is 20.8 Å². The minimum Gasteiger partial charge on any atom is -0.518 e. The van der Waals surface area contributed by atoms with Crippen LogP contribution < -0.4 is 0 Å². The van der Waals surface area contributed by atoms with E-state index in [1.807, 2.05) is 20.8 Å². The fraction of sp³-hybridized carbons (Fsp3) is 0.800. The maximum atomic E-state index is 5.64. The van der Waals surface area contributed by atoms with Crippen molar-refractivity contribution in [3.05, 3.63) is 12.2 Å². The fourth-order valence-corrected chi connectivity index (χ4v) is 1.38. The number of hydrogen-bond acceptors (Lipinski definition) is 3. The van der Waals surface area contributed by atoms with E-state index in [1.54, 1.807) is 7.11 Å². The molecule has 84 valence electrons. The summed E-state index contributed by atoms with van der Waals surface area (Å²) < 4.78 is 16.1. The van der Waals surface area contributed by atoms with E-state index < -0.39 is 8.32 Å². The van der Waals surface area contributed by atoms with Crippen molar-refractivity contribution in [1.29, 1.82) is 0 Å². The van der Waals surface area contributed by atoms with Crippen molar-refractivity contribution >= 4 is 8.32 Å². The molecule has 0 unspecified atom stereocenters. The van der Waals surface area contributed by atoms with E-state index in [4.69, 9.17) is 13.9 Å². The van der Waals surface area contributed by atoms with E-state index in [-0.39, 0.29) is 5.60 Å². The Kier molecular flexibility index (Phi) is 4.51. The number of hydrogen-bond donors (Lipinski definition) is 0. The molecule has 0 heterocycles. The van der Waals surface area contributed by atoms with Crippen LogP contribution in [-0.4, -0.2) is 21.0 Å². The van der Waals surface area contributed by atoms with Crippen LogP contribution in [0, 0.1) is 0 Å². The van der Waals surface area contributed by atoms with Crippen LogP contribution >= 0.6 is 0 Å². The topological polar surface area (TPSA) is 27.7 Å². The van der Waals surface area contributed by atoms with Gasteiger partial charge in [0.1, 0.15) is 5.60 Å². The lowest BCUT2D eigenvalue weighted by Crippen LogP contribution is -2.26. The van der Waals surface area contributed by atoms with Crippen LogP contribution in [0.4, 0.5) is 0 Å². The molecule has 0 bridgehead atoms. The van der Waals surface area contributed by atoms with Crippen molar-refractivity contribution in [3.63, 3.8) is 0 Å². The predicted octanol–water partition coefficient (Wildman–Crippen LogP) is 3.10. The van der Waals surface area contributed by atoms with Gasteiger partial charge in [0, 0.05) is 0 Å². The smallest absolute Gasteiger partial charge is 0.301 e. The molecule has 14 heavy (non-hydrogen) atoms. The standard InChI is InChI=1S/C10H22O3Si/c1-10(2,3)12-8-9(11-4)13-14(5,6)7/h8H,1-7H3. The van der Waals surface area contributed by atoms with Gasteiger partial charge in [-0.1, -0.05) is 0 Å². The molecule has 0 aliphatic rings. The first-order valence-electron chi connectivity index (χ1n) is 4.75. The van der Waals surface area contributed by atoms with E-state index in [9.17, 15) is 0 Å². The molecular weight excluding hydrogens is 196 g/mol. The summed E-state index contributed by atoms with van der Waals surface area (Å²) in [5, 5.41) is 0. The van der Waals surface area contributed by atoms with Crippen molar-refractivity contribution in [2.45, 2.75) is 46.0 Å². The van der Waals surface area contributed by atoms with E-state index >= 15 is 0 Å². The molecule has 3 nitrogen and oxygen atoms in total. The van der Waals surface area contributed by atoms with Crippen LogP contribution in [0.5, 0.6) is 0 Å². The monoisotopic (exact) mass is 218 g/mol. The average Bonchev–Trinajstić information content (AvgIpc) is 1.94. The first-order valence-corrected chi connectivity index (χ1v) is 8.16. The third kappa shape index (κ3) is 7.98. The normalized spacial score (nSPS) is 13.8. The van der Waals surface area contributed by atoms with Gasteiger partial charge in [-0.15, -0.1) is 0 Å². The summed E-state index contributed by atoms with van der Waals surface area (Å²) in [4.78, 5) is 0. The zero-order valence-electron chi connectivity index (χ0n) is 10.3. The highest BCUT2D eigenvalue weighted by Crippen LogP contribution is 2.14. The molecule has 0 rings (SSSR count). The minimum atomic E-state index is -1.61. The molecule has 0 aliphatic carbocycles. The Morgan fingerprint density at radius 3 is 1.93 bits per heavy atom. The van der Waals surface area contributed by atoms with Gasteiger partial charge in [0.15, 0.2) is 6.26 Å². The van der Waals surface area contributed by atoms with Gasteiger partial charge < -0.3 is 13.9 Å². The molecule has 0 aromatic heterocycles. The molecule has 0 fully saturated rings. The van der Waals surface area contributed by atoms with Crippen LogP contribution in [0.25, 0.3) is 0 Å². The number of ether oxygens (including phenoxy) is 2. The molecule has 0 amide bonds. The Labute approximate surface area is 88.2 Å². The van der Waals surface area contributed by atoms with Crippen molar-refractivity contribution in [1.82, 2.24) is 0 Å². The van der Waals surface area contributed by atoms with Gasteiger partial charge in [-0.2, -0.15) is 0 Å². The van der Waals surface area contributed by atoms with Gasteiger partial charge in [0.05, 0.1) is 7.11 Å². The molecule has 0 N–H and O–H groups in total. The van der Waals surface area contributed by atoms with E-state index in [1.165, 1.54) is 6.26 Å². The SMILES string of the molecule is COC(=COC(C)(C)C)O[Si](C)(C)C. The van der Waals surface area contributed by atoms with Gasteiger partial charge >= 0.3 is 5.95 Å². The second-order valence-corrected chi connectivity index (χ2v) is 9.51. The summed E-state index contributed by atoms with van der Waals surface area (Å²) in [7, 11) is -0.0295. The van der Waals surface area contributed by atoms with Gasteiger partial charge in [0.2, 0.25) is 8.32 Å². The van der Waals surface area contributed by atoms with Gasteiger partial charge in [-0.3, -0.25) is 0 Å². The highest BCUT2D eigenvalue weighted by atomic mass is 28.4. The lowest BCUT2D eigenvalue weighted by atomic mass is 10.2. The third-order valence-corrected chi connectivity index (χ3v) is 1.93. The van der Waals surface area contributed by atoms with E-state index in [2.05, 4.69) is 19.6 Å². The average molecular weight is 218 g/mol. The largest absolute Gasteiger partial charge is 0.518 e. The molecule has 0 radical (unpaired) electrons. The Hall–Kier alpha value is -0.643. The van der Waals surface area contributed by atoms with Gasteiger partial charge in [-0.25, -0.2) is 0 Å². The first-order chi connectivity index (χ1) is 6.14. The zero-order chi connectivity index (χ0) is 11.4. The Balaban J connectivity index is 4.28. The second-order valence-electron chi connectivity index (χ2n) is 5.09. The second kappa shape index (κ2) is 4.73.